The highest BCUT2D eigenvalue weighted by Crippen LogP contribution is 2.31. The zero-order valence-electron chi connectivity index (χ0n) is 14.2. The molecule has 0 unspecified atom stereocenters. The lowest BCUT2D eigenvalue weighted by atomic mass is 10.3. The molecule has 11 heteroatoms. The maximum Gasteiger partial charge on any atom is 0.271 e. The van der Waals surface area contributed by atoms with Crippen molar-refractivity contribution in [1.82, 2.24) is 9.78 Å². The molecule has 140 valence electrons. The van der Waals surface area contributed by atoms with E-state index in [1.807, 2.05) is 36.1 Å². The summed E-state index contributed by atoms with van der Waals surface area (Å²) >= 11 is 6.00. The van der Waals surface area contributed by atoms with Crippen LogP contribution in [0.1, 0.15) is 5.56 Å². The Labute approximate surface area is 165 Å². The van der Waals surface area contributed by atoms with Gasteiger partial charge >= 0.3 is 0 Å². The van der Waals surface area contributed by atoms with Gasteiger partial charge in [-0.15, -0.1) is 10.2 Å². The zero-order valence-corrected chi connectivity index (χ0v) is 15.7. The molecule has 2 N–H and O–H groups in total. The molecule has 0 atom stereocenters. The molecule has 0 radical (unpaired) electrons. The standard InChI is InChI=1S/C16H15ClN7O2.ClH/c1-22-6-2-3-11(9-22)10-23-16(18)15(8-19-23)21-20-14-7-12(24(25)26)4-5-13(14)17;/h2-9H,10,18H2,1H3;1H/q+1;/p-1. The second-order valence-corrected chi connectivity index (χ2v) is 5.95. The predicted octanol–water partition coefficient (Wildman–Crippen LogP) is 0.319. The van der Waals surface area contributed by atoms with E-state index in [0.717, 1.165) is 5.56 Å². The van der Waals surface area contributed by atoms with E-state index in [-0.39, 0.29) is 28.8 Å². The number of aryl methyl sites for hydroxylation is 1. The number of anilines is 1. The number of nitrogens with two attached hydrogens (primary N) is 1. The highest BCUT2D eigenvalue weighted by molar-refractivity contribution is 6.33. The van der Waals surface area contributed by atoms with Crippen LogP contribution in [0, 0.1) is 10.1 Å². The molecular weight excluding hydrogens is 393 g/mol. The molecule has 0 saturated carbocycles. The Balaban J connectivity index is 0.00000261. The number of halogens is 2. The Bertz CT molecular complexity index is 1000. The van der Waals surface area contributed by atoms with Crippen molar-refractivity contribution in [3.63, 3.8) is 0 Å². The van der Waals surface area contributed by atoms with Gasteiger partial charge < -0.3 is 18.1 Å². The highest BCUT2D eigenvalue weighted by atomic mass is 35.5. The van der Waals surface area contributed by atoms with Crippen molar-refractivity contribution in [1.29, 1.82) is 0 Å². The number of nitrogens with zero attached hydrogens (tertiary/aromatic N) is 6. The molecule has 0 aliphatic rings. The van der Waals surface area contributed by atoms with Crippen molar-refractivity contribution < 1.29 is 21.9 Å². The number of nitro benzene ring substituents is 1. The minimum Gasteiger partial charge on any atom is -1.00 e. The monoisotopic (exact) mass is 407 g/mol. The van der Waals surface area contributed by atoms with Gasteiger partial charge in [-0.1, -0.05) is 11.6 Å². The first kappa shape index (κ1) is 20.3. The van der Waals surface area contributed by atoms with Gasteiger partial charge in [-0.25, -0.2) is 9.25 Å². The first-order valence-corrected chi connectivity index (χ1v) is 7.93. The molecule has 3 aromatic rings. The summed E-state index contributed by atoms with van der Waals surface area (Å²) in [6.45, 7) is 0.480. The molecule has 0 aliphatic heterocycles. The number of aromatic nitrogens is 3. The second-order valence-electron chi connectivity index (χ2n) is 5.54. The van der Waals surface area contributed by atoms with Gasteiger partial charge in [0.25, 0.3) is 5.69 Å². The van der Waals surface area contributed by atoms with E-state index < -0.39 is 4.92 Å². The number of nitro groups is 1. The van der Waals surface area contributed by atoms with Crippen LogP contribution in [-0.4, -0.2) is 14.7 Å². The van der Waals surface area contributed by atoms with Gasteiger partial charge in [-0.3, -0.25) is 10.1 Å². The fourth-order valence-electron chi connectivity index (χ4n) is 2.30. The van der Waals surface area contributed by atoms with Crippen LogP contribution in [-0.2, 0) is 13.6 Å². The summed E-state index contributed by atoms with van der Waals surface area (Å²) in [6.07, 6.45) is 5.37. The van der Waals surface area contributed by atoms with E-state index in [1.165, 1.54) is 24.4 Å². The fraction of sp³-hybridized carbons (Fsp3) is 0.125. The Morgan fingerprint density at radius 1 is 1.33 bits per heavy atom. The molecule has 0 fully saturated rings. The maximum absolute atomic E-state index is 10.8. The Morgan fingerprint density at radius 3 is 2.78 bits per heavy atom. The minimum atomic E-state index is -0.526. The van der Waals surface area contributed by atoms with Gasteiger partial charge in [-0.05, 0) is 12.1 Å². The fourth-order valence-corrected chi connectivity index (χ4v) is 2.46. The summed E-state index contributed by atoms with van der Waals surface area (Å²) in [7, 11) is 1.93. The second kappa shape index (κ2) is 8.56. The SMILES string of the molecule is C[n+]1cccc(Cn2ncc(N=Nc3cc([N+](=O)[O-])ccc3Cl)c2N)c1.[Cl-]. The molecule has 3 rings (SSSR count). The van der Waals surface area contributed by atoms with Gasteiger partial charge in [0.1, 0.15) is 24.2 Å². The number of benzene rings is 1. The number of rotatable bonds is 5. The number of non-ortho nitro benzene ring substituents is 1. The first-order chi connectivity index (χ1) is 12.4. The third-order valence-electron chi connectivity index (χ3n) is 3.60. The summed E-state index contributed by atoms with van der Waals surface area (Å²) in [4.78, 5) is 10.3. The topological polar surface area (TPSA) is 116 Å². The van der Waals surface area contributed by atoms with Crippen molar-refractivity contribution in [3.8, 4) is 0 Å². The number of pyridine rings is 1. The predicted molar refractivity (Wildman–Crippen MR) is 95.6 cm³/mol. The third kappa shape index (κ3) is 4.78. The Morgan fingerprint density at radius 2 is 2.07 bits per heavy atom. The van der Waals surface area contributed by atoms with Crippen LogP contribution in [0.4, 0.5) is 22.9 Å². The van der Waals surface area contributed by atoms with Crippen molar-refractivity contribution in [2.45, 2.75) is 6.54 Å². The summed E-state index contributed by atoms with van der Waals surface area (Å²) in [5, 5.41) is 23.3. The quantitative estimate of drug-likeness (QED) is 0.283. The number of hydrogen-bond donors (Lipinski definition) is 1. The lowest BCUT2D eigenvalue weighted by molar-refractivity contribution is -0.671. The van der Waals surface area contributed by atoms with Crippen LogP contribution in [0.25, 0.3) is 0 Å². The molecule has 27 heavy (non-hydrogen) atoms. The summed E-state index contributed by atoms with van der Waals surface area (Å²) in [5.41, 5.74) is 7.51. The van der Waals surface area contributed by atoms with Gasteiger partial charge in [0, 0.05) is 23.8 Å². The third-order valence-corrected chi connectivity index (χ3v) is 3.92. The average molecular weight is 408 g/mol. The molecule has 0 aliphatic carbocycles. The molecule has 2 heterocycles. The first-order valence-electron chi connectivity index (χ1n) is 7.55. The molecule has 0 spiro atoms. The number of azo groups is 1. The number of hydrogen-bond acceptors (Lipinski definition) is 6. The van der Waals surface area contributed by atoms with E-state index in [0.29, 0.717) is 18.1 Å². The maximum atomic E-state index is 10.8. The molecule has 0 bridgehead atoms. The molecule has 0 saturated heterocycles. The van der Waals surface area contributed by atoms with Crippen LogP contribution in [0.5, 0.6) is 0 Å². The average Bonchev–Trinajstić information content (AvgIpc) is 2.94. The normalized spacial score (nSPS) is 10.7. The van der Waals surface area contributed by atoms with E-state index >= 15 is 0 Å². The van der Waals surface area contributed by atoms with E-state index in [4.69, 9.17) is 17.3 Å². The molecule has 9 nitrogen and oxygen atoms in total. The molecule has 2 aromatic heterocycles. The van der Waals surface area contributed by atoms with E-state index in [2.05, 4.69) is 15.3 Å². The van der Waals surface area contributed by atoms with E-state index in [9.17, 15) is 10.1 Å². The summed E-state index contributed by atoms with van der Waals surface area (Å²) < 4.78 is 3.53. The summed E-state index contributed by atoms with van der Waals surface area (Å²) in [5.74, 6) is 0.335. The van der Waals surface area contributed by atoms with Gasteiger partial charge in [-0.2, -0.15) is 5.10 Å². The van der Waals surface area contributed by atoms with Crippen LogP contribution in [0.2, 0.25) is 5.02 Å². The van der Waals surface area contributed by atoms with Crippen molar-refractivity contribution in [2.75, 3.05) is 5.73 Å². The van der Waals surface area contributed by atoms with Crippen molar-refractivity contribution >= 4 is 34.5 Å². The molecular formula is C16H15Cl2N7O2. The van der Waals surface area contributed by atoms with Gasteiger partial charge in [0.15, 0.2) is 12.4 Å². The Hall–Kier alpha value is -3.04. The van der Waals surface area contributed by atoms with Crippen molar-refractivity contribution in [3.05, 3.63) is 69.6 Å². The van der Waals surface area contributed by atoms with Gasteiger partial charge in [0.05, 0.1) is 22.7 Å². The van der Waals surface area contributed by atoms with Crippen molar-refractivity contribution in [2.24, 2.45) is 17.3 Å². The smallest absolute Gasteiger partial charge is 0.271 e. The number of nitrogen functional groups attached to an aromatic ring is 1. The highest BCUT2D eigenvalue weighted by Gasteiger charge is 2.11. The van der Waals surface area contributed by atoms with Crippen LogP contribution >= 0.6 is 11.6 Å². The summed E-state index contributed by atoms with van der Waals surface area (Å²) in [6, 6.07) is 7.84. The molecule has 1 aromatic carbocycles. The minimum absolute atomic E-state index is 0. The van der Waals surface area contributed by atoms with Crippen LogP contribution < -0.4 is 22.7 Å². The zero-order chi connectivity index (χ0) is 18.7. The van der Waals surface area contributed by atoms with Crippen LogP contribution in [0.15, 0.2) is 59.2 Å². The van der Waals surface area contributed by atoms with Crippen LogP contribution in [0.3, 0.4) is 0 Å². The molecule has 0 amide bonds. The Kier molecular flexibility index (Phi) is 6.43. The lowest BCUT2D eigenvalue weighted by Crippen LogP contribution is -3.00. The largest absolute Gasteiger partial charge is 1.00 e. The van der Waals surface area contributed by atoms with Gasteiger partial charge in [0.2, 0.25) is 0 Å². The lowest BCUT2D eigenvalue weighted by Gasteiger charge is -2.03. The van der Waals surface area contributed by atoms with E-state index in [1.54, 1.807) is 4.68 Å².